The molecule has 358 valence electrons. The molecule has 0 bridgehead atoms. The van der Waals surface area contributed by atoms with Crippen LogP contribution in [0.25, 0.3) is 31.3 Å². The van der Waals surface area contributed by atoms with E-state index < -0.39 is 0 Å². The average molecular weight is 956 g/mol. The SMILES string of the molecule is Cc1cc2c3c(c1)N(c1ccc(C(C)(C)C)cc1-c1ccccc1)c1cc(N4c5cc(C)cc(C)c5C5(C)CCCCC45C)ccc1B3c1ccc(C(C)(C)C)cc1N2c1ccc2c(c1)sc1ccccc12. The van der Waals surface area contributed by atoms with Crippen molar-refractivity contribution in [3.05, 3.63) is 185 Å². The Bertz CT molecular complexity index is 3720. The maximum absolute atomic E-state index is 2.80. The van der Waals surface area contributed by atoms with Crippen molar-refractivity contribution in [3.8, 4) is 11.1 Å². The highest BCUT2D eigenvalue weighted by molar-refractivity contribution is 7.25. The van der Waals surface area contributed by atoms with Gasteiger partial charge in [0.25, 0.3) is 6.71 Å². The highest BCUT2D eigenvalue weighted by Gasteiger charge is 2.58. The second kappa shape index (κ2) is 15.7. The summed E-state index contributed by atoms with van der Waals surface area (Å²) in [6.07, 6.45) is 4.86. The highest BCUT2D eigenvalue weighted by atomic mass is 32.1. The third kappa shape index (κ3) is 6.54. The Kier molecular flexibility index (Phi) is 9.90. The predicted molar refractivity (Wildman–Crippen MR) is 313 cm³/mol. The van der Waals surface area contributed by atoms with Crippen molar-refractivity contribution in [3.63, 3.8) is 0 Å². The molecule has 0 amide bonds. The largest absolute Gasteiger partial charge is 0.334 e. The fourth-order valence-corrected chi connectivity index (χ4v) is 15.1. The van der Waals surface area contributed by atoms with Gasteiger partial charge in [0, 0.05) is 71.0 Å². The Morgan fingerprint density at radius 1 is 0.500 bits per heavy atom. The lowest BCUT2D eigenvalue weighted by molar-refractivity contribution is 0.194. The summed E-state index contributed by atoms with van der Waals surface area (Å²) in [6, 6.07) is 59.5. The Morgan fingerprint density at radius 2 is 1.11 bits per heavy atom. The smallest absolute Gasteiger partial charge is 0.252 e. The van der Waals surface area contributed by atoms with Gasteiger partial charge in [-0.05, 0) is 173 Å². The molecule has 2 unspecified atom stereocenters. The van der Waals surface area contributed by atoms with Crippen LogP contribution >= 0.6 is 11.3 Å². The van der Waals surface area contributed by atoms with Crippen LogP contribution in [0.1, 0.15) is 114 Å². The van der Waals surface area contributed by atoms with Crippen molar-refractivity contribution in [2.45, 2.75) is 124 Å². The number of hydrogen-bond acceptors (Lipinski definition) is 4. The number of thiophene rings is 1. The van der Waals surface area contributed by atoms with E-state index in [9.17, 15) is 0 Å². The number of fused-ring (bicyclic) bond motifs is 10. The molecule has 3 nitrogen and oxygen atoms in total. The first-order valence-corrected chi connectivity index (χ1v) is 27.3. The molecule has 0 spiro atoms. The van der Waals surface area contributed by atoms with Crippen LogP contribution in [0.3, 0.4) is 0 Å². The van der Waals surface area contributed by atoms with Crippen LogP contribution in [0.15, 0.2) is 152 Å². The van der Waals surface area contributed by atoms with Crippen molar-refractivity contribution in [2.24, 2.45) is 0 Å². The van der Waals surface area contributed by atoms with Crippen LogP contribution in [-0.2, 0) is 16.2 Å². The zero-order valence-electron chi connectivity index (χ0n) is 44.1. The van der Waals surface area contributed by atoms with Crippen molar-refractivity contribution in [2.75, 3.05) is 14.7 Å². The van der Waals surface area contributed by atoms with E-state index in [0.717, 1.165) is 6.42 Å². The molecular formula is C67H66BN3S. The lowest BCUT2D eigenvalue weighted by Crippen LogP contribution is -2.61. The minimum Gasteiger partial charge on any atom is -0.334 e. The van der Waals surface area contributed by atoms with Crippen LogP contribution in [-0.4, -0.2) is 12.3 Å². The third-order valence-electron chi connectivity index (χ3n) is 17.7. The van der Waals surface area contributed by atoms with Gasteiger partial charge in [-0.3, -0.25) is 0 Å². The summed E-state index contributed by atoms with van der Waals surface area (Å²) in [6.45, 7) is 26.2. The quantitative estimate of drug-likeness (QED) is 0.163. The van der Waals surface area contributed by atoms with Gasteiger partial charge >= 0.3 is 0 Å². The number of nitrogens with zero attached hydrogens (tertiary/aromatic N) is 3. The lowest BCUT2D eigenvalue weighted by atomic mass is 9.33. The average Bonchev–Trinajstić information content (AvgIpc) is 3.82. The van der Waals surface area contributed by atoms with Crippen molar-refractivity contribution >= 4 is 100 Å². The standard InChI is InChI=1S/C67H66BN3S/c1-41-33-43(3)62-57(34-41)71(67(11)32-18-17-31-66(62,67)10)48-26-29-53-56(39-48)70(54-30-24-45(64(4,5)6)37-51(54)44-19-13-12-14-20-44)59-36-42(2)35-58-63(59)68(53)52-28-23-46(65(7,8)9)38-55(52)69(58)47-25-27-50-49-21-15-16-22-60(49)72-61(50)40-47/h12-16,19-30,33-40H,17-18,31-32H2,1-11H3. The van der Waals surface area contributed by atoms with Crippen LogP contribution in [0.4, 0.5) is 45.5 Å². The third-order valence-corrected chi connectivity index (χ3v) is 18.8. The first-order valence-electron chi connectivity index (χ1n) is 26.5. The van der Waals surface area contributed by atoms with Gasteiger partial charge in [-0.25, -0.2) is 0 Å². The molecule has 5 heteroatoms. The Hall–Kier alpha value is -6.56. The number of hydrogen-bond donors (Lipinski definition) is 0. The number of benzene rings is 8. The van der Waals surface area contributed by atoms with Gasteiger partial charge in [0.05, 0.1) is 11.2 Å². The van der Waals surface area contributed by atoms with E-state index >= 15 is 0 Å². The Labute approximate surface area is 432 Å². The fourth-order valence-electron chi connectivity index (χ4n) is 13.9. The van der Waals surface area contributed by atoms with Crippen LogP contribution in [0.5, 0.6) is 0 Å². The monoisotopic (exact) mass is 956 g/mol. The summed E-state index contributed by atoms with van der Waals surface area (Å²) in [4.78, 5) is 8.10. The van der Waals surface area contributed by atoms with Crippen molar-refractivity contribution in [1.82, 2.24) is 0 Å². The summed E-state index contributed by atoms with van der Waals surface area (Å²) in [7, 11) is 0. The van der Waals surface area contributed by atoms with Gasteiger partial charge in [-0.1, -0.05) is 146 Å². The van der Waals surface area contributed by atoms with E-state index in [4.69, 9.17) is 0 Å². The second-order valence-corrected chi connectivity index (χ2v) is 25.4. The van der Waals surface area contributed by atoms with Gasteiger partial charge in [0.15, 0.2) is 0 Å². The molecule has 1 saturated carbocycles. The zero-order chi connectivity index (χ0) is 49.8. The molecule has 9 aromatic rings. The maximum atomic E-state index is 2.80. The molecule has 72 heavy (non-hydrogen) atoms. The number of anilines is 8. The molecule has 1 fully saturated rings. The van der Waals surface area contributed by atoms with Crippen molar-refractivity contribution in [1.29, 1.82) is 0 Å². The summed E-state index contributed by atoms with van der Waals surface area (Å²) >= 11 is 1.90. The first kappa shape index (κ1) is 45.3. The summed E-state index contributed by atoms with van der Waals surface area (Å²) in [5.41, 5.74) is 24.7. The molecular weight excluding hydrogens is 890 g/mol. The van der Waals surface area contributed by atoms with E-state index in [0.29, 0.717) is 0 Å². The summed E-state index contributed by atoms with van der Waals surface area (Å²) in [5, 5.41) is 2.65. The molecule has 4 heterocycles. The zero-order valence-corrected chi connectivity index (χ0v) is 44.9. The molecule has 13 rings (SSSR count). The van der Waals surface area contributed by atoms with Crippen LogP contribution < -0.4 is 31.1 Å². The molecule has 8 aromatic carbocycles. The van der Waals surface area contributed by atoms with E-state index in [1.54, 1.807) is 5.56 Å². The number of aryl methyl sites for hydroxylation is 3. The molecule has 1 aromatic heterocycles. The van der Waals surface area contributed by atoms with Crippen molar-refractivity contribution < 1.29 is 0 Å². The number of rotatable bonds is 4. The Morgan fingerprint density at radius 3 is 1.88 bits per heavy atom. The van der Waals surface area contributed by atoms with E-state index in [-0.39, 0.29) is 28.5 Å². The molecule has 3 aliphatic heterocycles. The van der Waals surface area contributed by atoms with E-state index in [2.05, 4.69) is 243 Å². The Balaban J connectivity index is 1.12. The van der Waals surface area contributed by atoms with Crippen LogP contribution in [0, 0.1) is 20.8 Å². The highest BCUT2D eigenvalue weighted by Crippen LogP contribution is 2.62. The topological polar surface area (TPSA) is 9.72 Å². The van der Waals surface area contributed by atoms with Crippen LogP contribution in [0.2, 0.25) is 0 Å². The lowest BCUT2D eigenvalue weighted by Gasteiger charge is -2.51. The van der Waals surface area contributed by atoms with Gasteiger partial charge in [0.1, 0.15) is 0 Å². The fraction of sp³-hybridized carbons (Fsp3) is 0.284. The molecule has 0 N–H and O–H groups in total. The molecule has 1 aliphatic carbocycles. The second-order valence-electron chi connectivity index (χ2n) is 24.3. The minimum atomic E-state index is -0.0814. The van der Waals surface area contributed by atoms with Gasteiger partial charge in [-0.15, -0.1) is 11.3 Å². The molecule has 2 atom stereocenters. The molecule has 4 aliphatic rings. The van der Waals surface area contributed by atoms with Gasteiger partial charge < -0.3 is 14.7 Å². The maximum Gasteiger partial charge on any atom is 0.252 e. The van der Waals surface area contributed by atoms with Gasteiger partial charge in [-0.2, -0.15) is 0 Å². The first-order chi connectivity index (χ1) is 34.4. The minimum absolute atomic E-state index is 0.00383. The summed E-state index contributed by atoms with van der Waals surface area (Å²) < 4.78 is 2.64. The van der Waals surface area contributed by atoms with E-state index in [1.165, 1.54) is 140 Å². The predicted octanol–water partition coefficient (Wildman–Crippen LogP) is 17.1. The van der Waals surface area contributed by atoms with Gasteiger partial charge in [0.2, 0.25) is 0 Å². The van der Waals surface area contributed by atoms with E-state index in [1.807, 2.05) is 11.3 Å². The summed E-state index contributed by atoms with van der Waals surface area (Å²) in [5.74, 6) is 0. The normalized spacial score (nSPS) is 19.1. The molecule has 0 saturated heterocycles. The molecule has 0 radical (unpaired) electrons.